The van der Waals surface area contributed by atoms with Crippen molar-refractivity contribution in [2.75, 3.05) is 0 Å². The Hall–Kier alpha value is -2.96. The van der Waals surface area contributed by atoms with Crippen molar-refractivity contribution >= 4 is 33.3 Å². The van der Waals surface area contributed by atoms with Gasteiger partial charge < -0.3 is 0 Å². The third-order valence-electron chi connectivity index (χ3n) is 4.28. The van der Waals surface area contributed by atoms with E-state index in [4.69, 9.17) is 15.1 Å². The number of aromatic nitrogens is 4. The van der Waals surface area contributed by atoms with Crippen LogP contribution in [0.15, 0.2) is 89.3 Å². The van der Waals surface area contributed by atoms with Crippen LogP contribution in [0.2, 0.25) is 0 Å². The van der Waals surface area contributed by atoms with Gasteiger partial charge in [-0.05, 0) is 24.3 Å². The summed E-state index contributed by atoms with van der Waals surface area (Å²) >= 11 is 3.39. The standard InChI is InChI=1S/C22H16N4S2/c1-3-9-16(10-4-1)21-24-20(25-26(21)17-11-5-2-6-12-17)15-27-22-23-18-13-7-8-14-19(18)28-22/h1-14H,15H2. The van der Waals surface area contributed by atoms with E-state index in [1.165, 1.54) is 4.70 Å². The van der Waals surface area contributed by atoms with Gasteiger partial charge in [0.15, 0.2) is 16.0 Å². The maximum absolute atomic E-state index is 4.83. The molecule has 0 spiro atoms. The van der Waals surface area contributed by atoms with Crippen molar-refractivity contribution in [3.8, 4) is 17.1 Å². The molecule has 0 bridgehead atoms. The molecule has 0 aliphatic rings. The molecule has 2 aromatic heterocycles. The van der Waals surface area contributed by atoms with E-state index >= 15 is 0 Å². The van der Waals surface area contributed by atoms with Crippen LogP contribution in [0.3, 0.4) is 0 Å². The van der Waals surface area contributed by atoms with Gasteiger partial charge in [-0.1, -0.05) is 72.4 Å². The highest BCUT2D eigenvalue weighted by Crippen LogP contribution is 2.31. The van der Waals surface area contributed by atoms with Crippen LogP contribution in [0.5, 0.6) is 0 Å². The Morgan fingerprint density at radius 3 is 2.29 bits per heavy atom. The van der Waals surface area contributed by atoms with Crippen molar-refractivity contribution < 1.29 is 0 Å². The smallest absolute Gasteiger partial charge is 0.163 e. The number of hydrogen-bond donors (Lipinski definition) is 0. The molecule has 0 radical (unpaired) electrons. The highest BCUT2D eigenvalue weighted by molar-refractivity contribution is 8.00. The van der Waals surface area contributed by atoms with Gasteiger partial charge in [0.25, 0.3) is 0 Å². The predicted octanol–water partition coefficient (Wildman–Crippen LogP) is 5.84. The maximum Gasteiger partial charge on any atom is 0.163 e. The number of hydrogen-bond acceptors (Lipinski definition) is 5. The molecule has 0 fully saturated rings. The minimum Gasteiger partial charge on any atom is -0.230 e. The second-order valence-electron chi connectivity index (χ2n) is 6.20. The van der Waals surface area contributed by atoms with Crippen LogP contribution in [0.4, 0.5) is 0 Å². The first kappa shape index (κ1) is 17.2. The minimum atomic E-state index is 0.680. The molecule has 6 heteroatoms. The lowest BCUT2D eigenvalue weighted by atomic mass is 10.2. The maximum atomic E-state index is 4.83. The van der Waals surface area contributed by atoms with E-state index in [-0.39, 0.29) is 0 Å². The summed E-state index contributed by atoms with van der Waals surface area (Å²) in [7, 11) is 0. The molecule has 0 N–H and O–H groups in total. The Labute approximate surface area is 170 Å². The summed E-state index contributed by atoms with van der Waals surface area (Å²) in [6.07, 6.45) is 0. The van der Waals surface area contributed by atoms with Gasteiger partial charge in [0, 0.05) is 5.56 Å². The van der Waals surface area contributed by atoms with Gasteiger partial charge in [-0.15, -0.1) is 16.4 Å². The number of fused-ring (bicyclic) bond motifs is 1. The highest BCUT2D eigenvalue weighted by Gasteiger charge is 2.14. The minimum absolute atomic E-state index is 0.680. The zero-order valence-electron chi connectivity index (χ0n) is 14.9. The first-order valence-corrected chi connectivity index (χ1v) is 10.7. The van der Waals surface area contributed by atoms with E-state index in [1.54, 1.807) is 23.1 Å². The third kappa shape index (κ3) is 3.44. The van der Waals surface area contributed by atoms with Crippen LogP contribution < -0.4 is 0 Å². The summed E-state index contributed by atoms with van der Waals surface area (Å²) in [6, 6.07) is 28.5. The number of benzene rings is 3. The second kappa shape index (κ2) is 7.58. The van der Waals surface area contributed by atoms with Crippen LogP contribution in [-0.2, 0) is 5.75 Å². The van der Waals surface area contributed by atoms with Crippen molar-refractivity contribution in [1.29, 1.82) is 0 Å². The van der Waals surface area contributed by atoms with Crippen LogP contribution in [-0.4, -0.2) is 19.7 Å². The lowest BCUT2D eigenvalue weighted by Gasteiger charge is -2.05. The van der Waals surface area contributed by atoms with Crippen LogP contribution in [0.1, 0.15) is 5.82 Å². The fraction of sp³-hybridized carbons (Fsp3) is 0.0455. The Morgan fingerprint density at radius 1 is 0.786 bits per heavy atom. The lowest BCUT2D eigenvalue weighted by Crippen LogP contribution is -1.99. The topological polar surface area (TPSA) is 43.6 Å². The Morgan fingerprint density at radius 2 is 1.50 bits per heavy atom. The van der Waals surface area contributed by atoms with Gasteiger partial charge >= 0.3 is 0 Å². The summed E-state index contributed by atoms with van der Waals surface area (Å²) in [5, 5.41) is 4.79. The molecule has 0 unspecified atom stereocenters. The van der Waals surface area contributed by atoms with E-state index < -0.39 is 0 Å². The zero-order chi connectivity index (χ0) is 18.8. The summed E-state index contributed by atoms with van der Waals surface area (Å²) in [4.78, 5) is 9.53. The van der Waals surface area contributed by atoms with Gasteiger partial charge in [0.1, 0.15) is 0 Å². The van der Waals surface area contributed by atoms with E-state index in [2.05, 4.69) is 18.2 Å². The Kier molecular flexibility index (Phi) is 4.64. The van der Waals surface area contributed by atoms with Crippen molar-refractivity contribution in [1.82, 2.24) is 19.7 Å². The molecular formula is C22H16N4S2. The SMILES string of the molecule is c1ccc(-c2nc(CSc3nc4ccccc4s3)nn2-c2ccccc2)cc1. The fourth-order valence-electron chi connectivity index (χ4n) is 2.98. The Bertz CT molecular complexity index is 1120. The zero-order valence-corrected chi connectivity index (χ0v) is 16.5. The summed E-state index contributed by atoms with van der Waals surface area (Å²) in [6.45, 7) is 0. The number of thiazole rings is 1. The number of rotatable bonds is 5. The number of para-hydroxylation sites is 2. The quantitative estimate of drug-likeness (QED) is 0.348. The Balaban J connectivity index is 1.47. The molecular weight excluding hydrogens is 384 g/mol. The molecule has 136 valence electrons. The molecule has 5 aromatic rings. The molecule has 0 aliphatic carbocycles. The van der Waals surface area contributed by atoms with Crippen molar-refractivity contribution in [2.45, 2.75) is 10.1 Å². The number of nitrogens with zero attached hydrogens (tertiary/aromatic N) is 4. The van der Waals surface area contributed by atoms with Crippen molar-refractivity contribution in [3.05, 3.63) is 90.8 Å². The van der Waals surface area contributed by atoms with Crippen LogP contribution in [0.25, 0.3) is 27.3 Å². The predicted molar refractivity (Wildman–Crippen MR) is 116 cm³/mol. The highest BCUT2D eigenvalue weighted by atomic mass is 32.2. The van der Waals surface area contributed by atoms with Crippen molar-refractivity contribution in [2.24, 2.45) is 0 Å². The fourth-order valence-corrected chi connectivity index (χ4v) is 4.89. The third-order valence-corrected chi connectivity index (χ3v) is 6.46. The first-order valence-electron chi connectivity index (χ1n) is 8.92. The van der Waals surface area contributed by atoms with Gasteiger partial charge in [-0.2, -0.15) is 0 Å². The van der Waals surface area contributed by atoms with Crippen molar-refractivity contribution in [3.63, 3.8) is 0 Å². The van der Waals surface area contributed by atoms with Gasteiger partial charge in [0.05, 0.1) is 21.7 Å². The largest absolute Gasteiger partial charge is 0.230 e. The van der Waals surface area contributed by atoms with E-state index in [0.717, 1.165) is 32.8 Å². The summed E-state index contributed by atoms with van der Waals surface area (Å²) in [5.74, 6) is 2.33. The first-order chi connectivity index (χ1) is 13.9. The normalized spacial score (nSPS) is 11.1. The molecule has 28 heavy (non-hydrogen) atoms. The molecule has 0 aliphatic heterocycles. The summed E-state index contributed by atoms with van der Waals surface area (Å²) < 4.78 is 4.17. The average molecular weight is 401 g/mol. The molecule has 0 amide bonds. The van der Waals surface area contributed by atoms with Gasteiger partial charge in [-0.3, -0.25) is 0 Å². The van der Waals surface area contributed by atoms with E-state index in [9.17, 15) is 0 Å². The average Bonchev–Trinajstić information content (AvgIpc) is 3.37. The van der Waals surface area contributed by atoms with E-state index in [1.807, 2.05) is 71.4 Å². The molecule has 0 saturated carbocycles. The molecule has 4 nitrogen and oxygen atoms in total. The van der Waals surface area contributed by atoms with Gasteiger partial charge in [-0.25, -0.2) is 14.6 Å². The van der Waals surface area contributed by atoms with Crippen LogP contribution >= 0.6 is 23.1 Å². The number of thioether (sulfide) groups is 1. The summed E-state index contributed by atoms with van der Waals surface area (Å²) in [5.41, 5.74) is 3.10. The second-order valence-corrected chi connectivity index (χ2v) is 8.45. The monoisotopic (exact) mass is 400 g/mol. The molecule has 2 heterocycles. The van der Waals surface area contributed by atoms with Gasteiger partial charge in [0.2, 0.25) is 0 Å². The lowest BCUT2D eigenvalue weighted by molar-refractivity contribution is 0.865. The molecule has 0 atom stereocenters. The molecule has 3 aromatic carbocycles. The van der Waals surface area contributed by atoms with E-state index in [0.29, 0.717) is 5.75 Å². The molecule has 5 rings (SSSR count). The van der Waals surface area contributed by atoms with Crippen LogP contribution in [0, 0.1) is 0 Å². The molecule has 0 saturated heterocycles.